The van der Waals surface area contributed by atoms with Gasteiger partial charge in [0, 0.05) is 42.6 Å². The van der Waals surface area contributed by atoms with Crippen LogP contribution in [-0.2, 0) is 18.9 Å². The number of aliphatic hydroxyl groups is 1. The predicted octanol–water partition coefficient (Wildman–Crippen LogP) is 3.43. The normalized spacial score (nSPS) is 17.3. The number of carbonyl (C=O) groups excluding carboxylic acids is 1. The molecule has 30 heavy (non-hydrogen) atoms. The first-order valence-corrected chi connectivity index (χ1v) is 10.0. The summed E-state index contributed by atoms with van der Waals surface area (Å²) < 4.78 is 1.74. The minimum absolute atomic E-state index is 0.0235. The topological polar surface area (TPSA) is 102 Å². The lowest BCUT2D eigenvalue weighted by molar-refractivity contribution is -0.118. The van der Waals surface area contributed by atoms with E-state index in [1.165, 1.54) is 32.3 Å². The average Bonchev–Trinajstić information content (AvgIpc) is 2.62. The minimum atomic E-state index is -1.18. The van der Waals surface area contributed by atoms with Crippen molar-refractivity contribution in [3.63, 3.8) is 0 Å². The number of Topliss-reactive ketones (excluding diaryl/α,β-unsaturated/α-hetero) is 1. The van der Waals surface area contributed by atoms with Crippen molar-refractivity contribution in [1.82, 2.24) is 9.13 Å². The molecule has 2 N–H and O–H groups in total. The predicted molar refractivity (Wildman–Crippen MR) is 115 cm³/mol. The quantitative estimate of drug-likeness (QED) is 0.742. The van der Waals surface area contributed by atoms with Gasteiger partial charge in [-0.05, 0) is 23.1 Å². The van der Waals surface area contributed by atoms with Crippen LogP contribution in [0, 0.1) is 5.41 Å². The lowest BCUT2D eigenvalue weighted by Crippen LogP contribution is -2.40. The number of carbonyl (C=O) groups is 1. The molecule has 2 aromatic rings. The SMILES string of the molecule is Cn1c(O)c(C(C2=C(O)CC(C)(C)CC2=O)c2ccc(Cl)cc2Cl)c(=O)n(C)c1=O. The maximum atomic E-state index is 13.1. The number of nitrogens with zero attached hydrogens (tertiary/aromatic N) is 2. The van der Waals surface area contributed by atoms with Crippen LogP contribution in [0.2, 0.25) is 10.0 Å². The van der Waals surface area contributed by atoms with Crippen molar-refractivity contribution in [3.8, 4) is 5.88 Å². The summed E-state index contributed by atoms with van der Waals surface area (Å²) >= 11 is 12.4. The van der Waals surface area contributed by atoms with Gasteiger partial charge in [-0.2, -0.15) is 0 Å². The van der Waals surface area contributed by atoms with E-state index in [1.807, 2.05) is 13.8 Å². The van der Waals surface area contributed by atoms with Gasteiger partial charge in [0.1, 0.15) is 5.76 Å². The molecule has 0 radical (unpaired) electrons. The number of aromatic hydroxyl groups is 1. The number of rotatable bonds is 3. The van der Waals surface area contributed by atoms with Crippen LogP contribution in [0.5, 0.6) is 5.88 Å². The minimum Gasteiger partial charge on any atom is -0.512 e. The maximum Gasteiger partial charge on any atom is 0.333 e. The van der Waals surface area contributed by atoms with Crippen LogP contribution in [-0.4, -0.2) is 25.1 Å². The van der Waals surface area contributed by atoms with Crippen LogP contribution < -0.4 is 11.2 Å². The van der Waals surface area contributed by atoms with E-state index in [9.17, 15) is 24.6 Å². The van der Waals surface area contributed by atoms with Crippen molar-refractivity contribution in [1.29, 1.82) is 0 Å². The molecule has 1 aliphatic carbocycles. The molecule has 0 spiro atoms. The highest BCUT2D eigenvalue weighted by molar-refractivity contribution is 6.35. The number of benzene rings is 1. The van der Waals surface area contributed by atoms with Gasteiger partial charge in [-0.25, -0.2) is 4.79 Å². The molecule has 0 saturated heterocycles. The molecule has 1 heterocycles. The molecule has 0 fully saturated rings. The lowest BCUT2D eigenvalue weighted by Gasteiger charge is -2.33. The summed E-state index contributed by atoms with van der Waals surface area (Å²) in [6.07, 6.45) is 0.351. The first kappa shape index (κ1) is 22.2. The second-order valence-corrected chi connectivity index (χ2v) is 9.19. The Kier molecular flexibility index (Phi) is 5.64. The van der Waals surface area contributed by atoms with Crippen molar-refractivity contribution >= 4 is 29.0 Å². The summed E-state index contributed by atoms with van der Waals surface area (Å²) in [4.78, 5) is 38.4. The largest absolute Gasteiger partial charge is 0.512 e. The molecule has 1 atom stereocenters. The van der Waals surface area contributed by atoms with Crippen molar-refractivity contribution in [3.05, 3.63) is 71.5 Å². The standard InChI is InChI=1S/C21H22Cl2N2O5/c1-21(2)8-13(26)16(14(27)9-21)15(11-6-5-10(22)7-12(11)23)17-18(28)24(3)20(30)25(4)19(17)29/h5-7,15,26,28H,8-9H2,1-4H3. The van der Waals surface area contributed by atoms with E-state index in [1.54, 1.807) is 0 Å². The second kappa shape index (κ2) is 7.63. The van der Waals surface area contributed by atoms with Crippen molar-refractivity contribution < 1.29 is 15.0 Å². The van der Waals surface area contributed by atoms with Gasteiger partial charge < -0.3 is 10.2 Å². The van der Waals surface area contributed by atoms with E-state index in [2.05, 4.69) is 0 Å². The molecular weight excluding hydrogens is 431 g/mol. The second-order valence-electron chi connectivity index (χ2n) is 8.34. The van der Waals surface area contributed by atoms with Crippen LogP contribution in [0.3, 0.4) is 0 Å². The van der Waals surface area contributed by atoms with Gasteiger partial charge in [-0.3, -0.25) is 18.7 Å². The van der Waals surface area contributed by atoms with Crippen molar-refractivity contribution in [2.24, 2.45) is 19.5 Å². The van der Waals surface area contributed by atoms with E-state index < -0.39 is 28.5 Å². The molecule has 0 aliphatic heterocycles. The summed E-state index contributed by atoms with van der Waals surface area (Å²) in [5, 5.41) is 22.0. The first-order chi connectivity index (χ1) is 13.9. The number of aromatic nitrogens is 2. The highest BCUT2D eigenvalue weighted by atomic mass is 35.5. The van der Waals surface area contributed by atoms with E-state index >= 15 is 0 Å². The molecule has 1 aromatic carbocycles. The number of allylic oxidation sites excluding steroid dienone is 2. The van der Waals surface area contributed by atoms with Gasteiger partial charge >= 0.3 is 5.69 Å². The van der Waals surface area contributed by atoms with Gasteiger partial charge in [0.05, 0.1) is 11.5 Å². The first-order valence-electron chi connectivity index (χ1n) is 9.24. The lowest BCUT2D eigenvalue weighted by atomic mass is 9.71. The Morgan fingerprint density at radius 2 is 1.67 bits per heavy atom. The number of hydrogen-bond donors (Lipinski definition) is 2. The smallest absolute Gasteiger partial charge is 0.333 e. The molecule has 160 valence electrons. The monoisotopic (exact) mass is 452 g/mol. The van der Waals surface area contributed by atoms with Gasteiger partial charge in [-0.1, -0.05) is 43.1 Å². The van der Waals surface area contributed by atoms with Gasteiger partial charge in [0.25, 0.3) is 5.56 Å². The molecule has 0 bridgehead atoms. The van der Waals surface area contributed by atoms with E-state index in [0.29, 0.717) is 10.6 Å². The molecule has 0 saturated carbocycles. The zero-order chi connectivity index (χ0) is 22.5. The van der Waals surface area contributed by atoms with Gasteiger partial charge in [-0.15, -0.1) is 0 Å². The summed E-state index contributed by atoms with van der Waals surface area (Å²) in [6.45, 7) is 3.70. The fourth-order valence-electron chi connectivity index (χ4n) is 3.93. The maximum absolute atomic E-state index is 13.1. The highest BCUT2D eigenvalue weighted by Gasteiger charge is 2.40. The number of halogens is 2. The molecule has 1 unspecified atom stereocenters. The Hall–Kier alpha value is -2.51. The van der Waals surface area contributed by atoms with E-state index in [0.717, 1.165) is 9.13 Å². The molecule has 1 aromatic heterocycles. The Bertz CT molecular complexity index is 1210. The van der Waals surface area contributed by atoms with Crippen molar-refractivity contribution in [2.75, 3.05) is 0 Å². The molecule has 9 heteroatoms. The zero-order valence-corrected chi connectivity index (χ0v) is 18.5. The number of hydrogen-bond acceptors (Lipinski definition) is 5. The van der Waals surface area contributed by atoms with Crippen LogP contribution in [0.15, 0.2) is 39.1 Å². The third-order valence-electron chi connectivity index (χ3n) is 5.41. The Morgan fingerprint density at radius 3 is 2.23 bits per heavy atom. The van der Waals surface area contributed by atoms with Crippen LogP contribution in [0.1, 0.15) is 43.7 Å². The van der Waals surface area contributed by atoms with Crippen molar-refractivity contribution in [2.45, 2.75) is 32.6 Å². The summed E-state index contributed by atoms with van der Waals surface area (Å²) in [5.41, 5.74) is -1.92. The van der Waals surface area contributed by atoms with E-state index in [-0.39, 0.29) is 40.5 Å². The fraction of sp³-hybridized carbons (Fsp3) is 0.381. The summed E-state index contributed by atoms with van der Waals surface area (Å²) in [7, 11) is 2.58. The van der Waals surface area contributed by atoms with Crippen LogP contribution >= 0.6 is 23.2 Å². The number of aliphatic hydroxyl groups excluding tert-OH is 1. The molecule has 3 rings (SSSR count). The molecule has 7 nitrogen and oxygen atoms in total. The Morgan fingerprint density at radius 1 is 1.03 bits per heavy atom. The van der Waals surface area contributed by atoms with Gasteiger partial charge in [0.15, 0.2) is 5.78 Å². The Labute approximate surface area is 182 Å². The zero-order valence-electron chi connectivity index (χ0n) is 17.0. The number of ketones is 1. The summed E-state index contributed by atoms with van der Waals surface area (Å²) in [6, 6.07) is 4.52. The van der Waals surface area contributed by atoms with Crippen LogP contribution in [0.25, 0.3) is 0 Å². The molecule has 0 amide bonds. The third-order valence-corrected chi connectivity index (χ3v) is 5.98. The van der Waals surface area contributed by atoms with E-state index in [4.69, 9.17) is 23.2 Å². The molecular formula is C21H22Cl2N2O5. The summed E-state index contributed by atoms with van der Waals surface area (Å²) in [5.74, 6) is -2.32. The van der Waals surface area contributed by atoms with Gasteiger partial charge in [0.2, 0.25) is 5.88 Å². The average molecular weight is 453 g/mol. The fourth-order valence-corrected chi connectivity index (χ4v) is 4.45. The Balaban J connectivity index is 2.44. The highest BCUT2D eigenvalue weighted by Crippen LogP contribution is 2.45. The van der Waals surface area contributed by atoms with Crippen LogP contribution in [0.4, 0.5) is 0 Å². The molecule has 1 aliphatic rings. The third kappa shape index (κ3) is 3.68.